The number of hydrogen-bond acceptors (Lipinski definition) is 2. The van der Waals surface area contributed by atoms with Crippen molar-refractivity contribution in [1.29, 1.82) is 0 Å². The fraction of sp³-hybridized carbons (Fsp3) is 0.250. The van der Waals surface area contributed by atoms with Crippen molar-refractivity contribution >= 4 is 15.9 Å². The lowest BCUT2D eigenvalue weighted by Crippen LogP contribution is -1.94. The summed E-state index contributed by atoms with van der Waals surface area (Å²) in [5.74, 6) is 0.0747. The molecule has 0 aliphatic heterocycles. The molecule has 1 rings (SSSR count). The number of aliphatic hydroxyl groups is 1. The molecule has 0 saturated heterocycles. The predicted octanol–water partition coefficient (Wildman–Crippen LogP) is 2.09. The molecule has 0 bridgehead atoms. The third-order valence-corrected chi connectivity index (χ3v) is 2.40. The van der Waals surface area contributed by atoms with Crippen molar-refractivity contribution in [2.24, 2.45) is 0 Å². The Kier molecular flexibility index (Phi) is 3.05. The van der Waals surface area contributed by atoms with Gasteiger partial charge in [-0.15, -0.1) is 0 Å². The topological polar surface area (TPSA) is 29.5 Å². The molecule has 0 amide bonds. The minimum Gasteiger partial charge on any atom is -0.496 e. The zero-order chi connectivity index (χ0) is 9.14. The van der Waals surface area contributed by atoms with Crippen LogP contribution in [0, 0.1) is 5.82 Å². The lowest BCUT2D eigenvalue weighted by atomic mass is 10.2. The van der Waals surface area contributed by atoms with Gasteiger partial charge in [-0.25, -0.2) is 4.39 Å². The van der Waals surface area contributed by atoms with Gasteiger partial charge in [-0.2, -0.15) is 0 Å². The second kappa shape index (κ2) is 3.87. The van der Waals surface area contributed by atoms with E-state index < -0.39 is 5.82 Å². The first-order valence-electron chi connectivity index (χ1n) is 3.32. The van der Waals surface area contributed by atoms with Crippen LogP contribution in [-0.4, -0.2) is 12.2 Å². The number of ether oxygens (including phenoxy) is 1. The molecule has 4 heteroatoms. The second-order valence-corrected chi connectivity index (χ2v) is 2.99. The van der Waals surface area contributed by atoms with Crippen molar-refractivity contribution < 1.29 is 14.2 Å². The van der Waals surface area contributed by atoms with E-state index in [2.05, 4.69) is 15.9 Å². The monoisotopic (exact) mass is 234 g/mol. The fourth-order valence-corrected chi connectivity index (χ4v) is 1.49. The fourth-order valence-electron chi connectivity index (χ4n) is 0.879. The highest BCUT2D eigenvalue weighted by Gasteiger charge is 2.10. The Bertz CT molecular complexity index is 289. The molecule has 0 fully saturated rings. The van der Waals surface area contributed by atoms with Crippen LogP contribution in [0.2, 0.25) is 0 Å². The number of methoxy groups -OCH3 is 1. The third kappa shape index (κ3) is 1.59. The van der Waals surface area contributed by atoms with Crippen molar-refractivity contribution in [3.05, 3.63) is 28.0 Å². The summed E-state index contributed by atoms with van der Waals surface area (Å²) in [6.07, 6.45) is 0. The molecule has 0 atom stereocenters. The lowest BCUT2D eigenvalue weighted by Gasteiger charge is -2.07. The summed E-state index contributed by atoms with van der Waals surface area (Å²) in [4.78, 5) is 0. The second-order valence-electron chi connectivity index (χ2n) is 2.20. The third-order valence-electron chi connectivity index (χ3n) is 1.53. The predicted molar refractivity (Wildman–Crippen MR) is 46.6 cm³/mol. The maximum Gasteiger partial charge on any atom is 0.133 e. The van der Waals surface area contributed by atoms with E-state index in [4.69, 9.17) is 9.84 Å². The molecule has 0 spiro atoms. The van der Waals surface area contributed by atoms with Crippen molar-refractivity contribution in [2.45, 2.75) is 6.61 Å². The van der Waals surface area contributed by atoms with E-state index in [0.29, 0.717) is 10.2 Å². The van der Waals surface area contributed by atoms with Crippen molar-refractivity contribution in [3.63, 3.8) is 0 Å². The van der Waals surface area contributed by atoms with E-state index in [9.17, 15) is 4.39 Å². The zero-order valence-corrected chi connectivity index (χ0v) is 8.06. The Morgan fingerprint density at radius 2 is 2.25 bits per heavy atom. The molecule has 0 saturated carbocycles. The SMILES string of the molecule is COc1ccc(F)c(CO)c1Br. The van der Waals surface area contributed by atoms with Crippen LogP contribution in [0.4, 0.5) is 4.39 Å². The van der Waals surface area contributed by atoms with E-state index in [1.54, 1.807) is 0 Å². The molecule has 1 aromatic rings. The first kappa shape index (κ1) is 9.48. The molecule has 0 unspecified atom stereocenters. The maximum absolute atomic E-state index is 12.9. The van der Waals surface area contributed by atoms with Crippen LogP contribution in [0.3, 0.4) is 0 Å². The quantitative estimate of drug-likeness (QED) is 0.850. The Hall–Kier alpha value is -0.610. The summed E-state index contributed by atoms with van der Waals surface area (Å²) < 4.78 is 18.3. The van der Waals surface area contributed by atoms with Gasteiger partial charge in [0.2, 0.25) is 0 Å². The molecule has 0 aromatic heterocycles. The summed E-state index contributed by atoms with van der Waals surface area (Å²) in [5, 5.41) is 8.79. The van der Waals surface area contributed by atoms with E-state index in [1.807, 2.05) is 0 Å². The molecule has 1 N–H and O–H groups in total. The standard InChI is InChI=1S/C8H8BrFO2/c1-12-7-3-2-6(10)5(4-11)8(7)9/h2-3,11H,4H2,1H3. The van der Waals surface area contributed by atoms with Gasteiger partial charge in [0.25, 0.3) is 0 Å². The smallest absolute Gasteiger partial charge is 0.133 e. The molecule has 66 valence electrons. The minimum atomic E-state index is -0.440. The van der Waals surface area contributed by atoms with Crippen LogP contribution in [0.15, 0.2) is 16.6 Å². The Labute approximate surface area is 78.1 Å². The van der Waals surface area contributed by atoms with Gasteiger partial charge in [-0.1, -0.05) is 0 Å². The van der Waals surface area contributed by atoms with Crippen LogP contribution in [0.5, 0.6) is 5.75 Å². The average Bonchev–Trinajstić information content (AvgIpc) is 2.06. The van der Waals surface area contributed by atoms with Gasteiger partial charge < -0.3 is 9.84 Å². The highest BCUT2D eigenvalue weighted by atomic mass is 79.9. The van der Waals surface area contributed by atoms with Crippen LogP contribution < -0.4 is 4.74 Å². The van der Waals surface area contributed by atoms with Crippen molar-refractivity contribution in [1.82, 2.24) is 0 Å². The van der Waals surface area contributed by atoms with Crippen molar-refractivity contribution in [2.75, 3.05) is 7.11 Å². The zero-order valence-electron chi connectivity index (χ0n) is 6.47. The highest BCUT2D eigenvalue weighted by molar-refractivity contribution is 9.10. The average molecular weight is 235 g/mol. The van der Waals surface area contributed by atoms with E-state index in [1.165, 1.54) is 19.2 Å². The first-order chi connectivity index (χ1) is 5.70. The highest BCUT2D eigenvalue weighted by Crippen LogP contribution is 2.30. The summed E-state index contributed by atoms with van der Waals surface area (Å²) in [7, 11) is 1.49. The normalized spacial score (nSPS) is 10.0. The van der Waals surface area contributed by atoms with E-state index in [0.717, 1.165) is 0 Å². The summed E-state index contributed by atoms with van der Waals surface area (Å²) >= 11 is 3.13. The molecule has 0 radical (unpaired) electrons. The molecule has 12 heavy (non-hydrogen) atoms. The molecule has 0 aliphatic rings. The number of aliphatic hydroxyl groups excluding tert-OH is 1. The maximum atomic E-state index is 12.9. The van der Waals surface area contributed by atoms with Gasteiger partial charge >= 0.3 is 0 Å². The molecular formula is C8H8BrFO2. The molecule has 2 nitrogen and oxygen atoms in total. The molecule has 1 aromatic carbocycles. The molecule has 0 aliphatic carbocycles. The molecule has 0 heterocycles. The van der Waals surface area contributed by atoms with E-state index in [-0.39, 0.29) is 12.2 Å². The summed E-state index contributed by atoms with van der Waals surface area (Å²) in [5.41, 5.74) is 0.217. The number of halogens is 2. The van der Waals surface area contributed by atoms with Gasteiger partial charge in [0.05, 0.1) is 18.2 Å². The minimum absolute atomic E-state index is 0.217. The Balaban J connectivity index is 3.24. The van der Waals surface area contributed by atoms with Crippen LogP contribution in [0.25, 0.3) is 0 Å². The van der Waals surface area contributed by atoms with Gasteiger partial charge in [0.1, 0.15) is 11.6 Å². The number of rotatable bonds is 2. The lowest BCUT2D eigenvalue weighted by molar-refractivity contribution is 0.273. The first-order valence-corrected chi connectivity index (χ1v) is 4.11. The number of benzene rings is 1. The summed E-state index contributed by atoms with van der Waals surface area (Å²) in [6.45, 7) is -0.344. The summed E-state index contributed by atoms with van der Waals surface area (Å²) in [6, 6.07) is 2.76. The van der Waals surface area contributed by atoms with Crippen LogP contribution in [-0.2, 0) is 6.61 Å². The number of hydrogen-bond donors (Lipinski definition) is 1. The van der Waals surface area contributed by atoms with Gasteiger partial charge in [-0.3, -0.25) is 0 Å². The van der Waals surface area contributed by atoms with E-state index >= 15 is 0 Å². The molecular weight excluding hydrogens is 227 g/mol. The van der Waals surface area contributed by atoms with Crippen LogP contribution >= 0.6 is 15.9 Å². The van der Waals surface area contributed by atoms with Gasteiger partial charge in [-0.05, 0) is 28.1 Å². The van der Waals surface area contributed by atoms with Gasteiger partial charge in [0, 0.05) is 5.56 Å². The van der Waals surface area contributed by atoms with Crippen molar-refractivity contribution in [3.8, 4) is 5.75 Å². The van der Waals surface area contributed by atoms with Gasteiger partial charge in [0.15, 0.2) is 0 Å². The Morgan fingerprint density at radius 3 is 2.75 bits per heavy atom. The largest absolute Gasteiger partial charge is 0.496 e. The van der Waals surface area contributed by atoms with Crippen LogP contribution in [0.1, 0.15) is 5.56 Å². The Morgan fingerprint density at radius 1 is 1.58 bits per heavy atom.